The minimum Gasteiger partial charge on any atom is -0.330 e. The van der Waals surface area contributed by atoms with Crippen LogP contribution in [0.15, 0.2) is 0 Å². The zero-order chi connectivity index (χ0) is 25.4. The molecule has 4 heteroatoms. The van der Waals surface area contributed by atoms with Crippen LogP contribution in [0.3, 0.4) is 0 Å². The molecular weight excluding hydrogens is 422 g/mol. The van der Waals surface area contributed by atoms with Crippen LogP contribution in [0.1, 0.15) is 149 Å². The van der Waals surface area contributed by atoms with Crippen molar-refractivity contribution in [2.24, 2.45) is 5.41 Å². The van der Waals surface area contributed by atoms with Crippen LogP contribution in [0.5, 0.6) is 0 Å². The van der Waals surface area contributed by atoms with Crippen molar-refractivity contribution in [2.45, 2.75) is 155 Å². The Morgan fingerprint density at radius 1 is 0.441 bits per heavy atom. The lowest BCUT2D eigenvalue weighted by Gasteiger charge is -2.47. The second-order valence-electron chi connectivity index (χ2n) is 10.4. The maximum absolute atomic E-state index is 6.05. The molecule has 1 atom stereocenters. The normalized spacial score (nSPS) is 13.9. The van der Waals surface area contributed by atoms with Gasteiger partial charge in [-0.05, 0) is 45.2 Å². The first-order chi connectivity index (χ1) is 16.6. The number of hydrogen-bond acceptors (Lipinski definition) is 4. The van der Waals surface area contributed by atoms with E-state index in [4.69, 9.17) is 14.2 Å². The SMILES string of the molecule is CCCCCCCCCCC(CCCCCCCC)(CCCNCCCC)C(OC)(OC)OC. The van der Waals surface area contributed by atoms with Crippen molar-refractivity contribution >= 4 is 0 Å². The third kappa shape index (κ3) is 13.8. The second-order valence-corrected chi connectivity index (χ2v) is 10.4. The molecule has 0 bridgehead atoms. The number of nitrogens with one attached hydrogen (secondary N) is 1. The molecule has 0 saturated carbocycles. The molecule has 4 nitrogen and oxygen atoms in total. The Kier molecular flexibility index (Phi) is 23.1. The topological polar surface area (TPSA) is 39.7 Å². The van der Waals surface area contributed by atoms with Gasteiger partial charge in [-0.25, -0.2) is 0 Å². The van der Waals surface area contributed by atoms with Gasteiger partial charge in [0.25, 0.3) is 5.97 Å². The zero-order valence-electron chi connectivity index (χ0n) is 24.3. The monoisotopic (exact) mass is 485 g/mol. The lowest BCUT2D eigenvalue weighted by molar-refractivity contribution is -0.411. The molecule has 0 fully saturated rings. The highest BCUT2D eigenvalue weighted by Gasteiger charge is 2.52. The number of hydrogen-bond donors (Lipinski definition) is 1. The molecule has 0 aliphatic carbocycles. The molecule has 0 spiro atoms. The Balaban J connectivity index is 5.15. The maximum atomic E-state index is 6.05. The molecular formula is C30H63NO3. The van der Waals surface area contributed by atoms with E-state index in [1.165, 1.54) is 103 Å². The van der Waals surface area contributed by atoms with Crippen LogP contribution in [0.25, 0.3) is 0 Å². The van der Waals surface area contributed by atoms with Crippen LogP contribution >= 0.6 is 0 Å². The highest BCUT2D eigenvalue weighted by molar-refractivity contribution is 4.89. The van der Waals surface area contributed by atoms with Crippen LogP contribution in [0.2, 0.25) is 0 Å². The summed E-state index contributed by atoms with van der Waals surface area (Å²) in [6, 6.07) is 0. The lowest BCUT2D eigenvalue weighted by atomic mass is 9.71. The van der Waals surface area contributed by atoms with Gasteiger partial charge in [0.05, 0.1) is 5.41 Å². The third-order valence-corrected chi connectivity index (χ3v) is 7.69. The number of unbranched alkanes of at least 4 members (excludes halogenated alkanes) is 13. The fraction of sp³-hybridized carbons (Fsp3) is 1.00. The van der Waals surface area contributed by atoms with Gasteiger partial charge >= 0.3 is 0 Å². The highest BCUT2D eigenvalue weighted by Crippen LogP contribution is 2.48. The smallest absolute Gasteiger partial charge is 0.288 e. The highest BCUT2D eigenvalue weighted by atomic mass is 16.9. The van der Waals surface area contributed by atoms with Crippen LogP contribution in [0, 0.1) is 5.41 Å². The van der Waals surface area contributed by atoms with Crippen LogP contribution in [0.4, 0.5) is 0 Å². The van der Waals surface area contributed by atoms with Crippen LogP contribution < -0.4 is 5.32 Å². The largest absolute Gasteiger partial charge is 0.330 e. The van der Waals surface area contributed by atoms with Crippen molar-refractivity contribution in [1.82, 2.24) is 5.32 Å². The lowest BCUT2D eigenvalue weighted by Crippen LogP contribution is -2.53. The van der Waals surface area contributed by atoms with E-state index in [0.717, 1.165) is 38.8 Å². The van der Waals surface area contributed by atoms with Gasteiger partial charge in [-0.2, -0.15) is 0 Å². The third-order valence-electron chi connectivity index (χ3n) is 7.69. The first-order valence-corrected chi connectivity index (χ1v) is 15.0. The number of methoxy groups -OCH3 is 3. The first-order valence-electron chi connectivity index (χ1n) is 15.0. The van der Waals surface area contributed by atoms with Crippen molar-refractivity contribution in [3.63, 3.8) is 0 Å². The molecule has 34 heavy (non-hydrogen) atoms. The molecule has 1 unspecified atom stereocenters. The van der Waals surface area contributed by atoms with E-state index >= 15 is 0 Å². The van der Waals surface area contributed by atoms with Gasteiger partial charge in [-0.1, -0.05) is 117 Å². The average Bonchev–Trinajstić information content (AvgIpc) is 2.86. The zero-order valence-corrected chi connectivity index (χ0v) is 24.3. The van der Waals surface area contributed by atoms with Gasteiger partial charge in [-0.3, -0.25) is 0 Å². The average molecular weight is 486 g/mol. The van der Waals surface area contributed by atoms with E-state index in [9.17, 15) is 0 Å². The van der Waals surface area contributed by atoms with Gasteiger partial charge in [0, 0.05) is 21.3 Å². The summed E-state index contributed by atoms with van der Waals surface area (Å²) in [6.07, 6.45) is 25.5. The summed E-state index contributed by atoms with van der Waals surface area (Å²) in [4.78, 5) is 0. The number of ether oxygens (including phenoxy) is 3. The van der Waals surface area contributed by atoms with Crippen molar-refractivity contribution in [3.8, 4) is 0 Å². The Morgan fingerprint density at radius 3 is 1.21 bits per heavy atom. The summed E-state index contributed by atoms with van der Waals surface area (Å²) < 4.78 is 18.2. The fourth-order valence-electron chi connectivity index (χ4n) is 5.55. The van der Waals surface area contributed by atoms with Gasteiger partial charge < -0.3 is 19.5 Å². The molecule has 0 rings (SSSR count). The molecule has 0 radical (unpaired) electrons. The Morgan fingerprint density at radius 2 is 0.794 bits per heavy atom. The molecule has 0 aromatic heterocycles. The van der Waals surface area contributed by atoms with Crippen LogP contribution in [-0.4, -0.2) is 40.4 Å². The first kappa shape index (κ1) is 33.8. The van der Waals surface area contributed by atoms with Gasteiger partial charge in [0.2, 0.25) is 0 Å². The quantitative estimate of drug-likeness (QED) is 0.0930. The minimum atomic E-state index is -0.957. The predicted molar refractivity (Wildman–Crippen MR) is 148 cm³/mol. The summed E-state index contributed by atoms with van der Waals surface area (Å²) in [7, 11) is 5.28. The van der Waals surface area contributed by atoms with E-state index in [2.05, 4.69) is 26.1 Å². The van der Waals surface area contributed by atoms with Crippen molar-refractivity contribution in [2.75, 3.05) is 34.4 Å². The van der Waals surface area contributed by atoms with Gasteiger partial charge in [0.1, 0.15) is 0 Å². The van der Waals surface area contributed by atoms with E-state index in [1.807, 2.05) is 0 Å². The fourth-order valence-corrected chi connectivity index (χ4v) is 5.55. The van der Waals surface area contributed by atoms with Crippen LogP contribution in [-0.2, 0) is 14.2 Å². The molecule has 1 N–H and O–H groups in total. The van der Waals surface area contributed by atoms with E-state index in [-0.39, 0.29) is 5.41 Å². The maximum Gasteiger partial charge on any atom is 0.288 e. The summed E-state index contributed by atoms with van der Waals surface area (Å²) >= 11 is 0. The Bertz CT molecular complexity index is 388. The van der Waals surface area contributed by atoms with E-state index in [0.29, 0.717) is 0 Å². The standard InChI is InChI=1S/C30H63NO3/c1-7-10-13-15-17-18-20-22-25-29(30(32-4,33-5)34-6,24-21-19-16-14-11-8-2)26-23-28-31-27-12-9-3/h31H,7-28H2,1-6H3. The van der Waals surface area contributed by atoms with E-state index in [1.54, 1.807) is 21.3 Å². The minimum absolute atomic E-state index is 0.106. The summed E-state index contributed by atoms with van der Waals surface area (Å²) in [5.41, 5.74) is -0.106. The Labute approximate surface area is 214 Å². The molecule has 0 aliphatic heterocycles. The van der Waals surface area contributed by atoms with E-state index < -0.39 is 5.97 Å². The molecule has 0 aromatic rings. The predicted octanol–water partition coefficient (Wildman–Crippen LogP) is 9.02. The van der Waals surface area contributed by atoms with Gasteiger partial charge in [0.15, 0.2) is 0 Å². The molecule has 206 valence electrons. The molecule has 0 amide bonds. The summed E-state index contributed by atoms with van der Waals surface area (Å²) in [5, 5.41) is 3.63. The molecule has 0 aliphatic rings. The Hall–Kier alpha value is -0.160. The van der Waals surface area contributed by atoms with Crippen molar-refractivity contribution < 1.29 is 14.2 Å². The summed E-state index contributed by atoms with van der Waals surface area (Å²) in [6.45, 7) is 9.00. The summed E-state index contributed by atoms with van der Waals surface area (Å²) in [5.74, 6) is -0.957. The second kappa shape index (κ2) is 23.3. The van der Waals surface area contributed by atoms with Crippen molar-refractivity contribution in [3.05, 3.63) is 0 Å². The van der Waals surface area contributed by atoms with Crippen molar-refractivity contribution in [1.29, 1.82) is 0 Å². The van der Waals surface area contributed by atoms with Gasteiger partial charge in [-0.15, -0.1) is 0 Å². The molecule has 0 saturated heterocycles. The molecule has 0 heterocycles. The molecule has 0 aromatic carbocycles. The number of rotatable bonds is 27.